The van der Waals surface area contributed by atoms with Gasteiger partial charge in [-0.1, -0.05) is 40.2 Å². The Balaban J connectivity index is 2.02. The summed E-state index contributed by atoms with van der Waals surface area (Å²) in [5, 5.41) is 8.27. The van der Waals surface area contributed by atoms with E-state index in [-0.39, 0.29) is 5.56 Å². The number of imidazole rings is 1. The lowest BCUT2D eigenvalue weighted by atomic mass is 10.2. The summed E-state index contributed by atoms with van der Waals surface area (Å²) in [7, 11) is 0. The SMILES string of the molecule is Cc1nnc2n(Cc3ccc(Br)cc3)c3ccccc3n2c1=O. The van der Waals surface area contributed by atoms with Gasteiger partial charge < -0.3 is 4.57 Å². The van der Waals surface area contributed by atoms with Crippen molar-refractivity contribution in [2.75, 3.05) is 0 Å². The molecule has 5 nitrogen and oxygen atoms in total. The minimum absolute atomic E-state index is 0.124. The fourth-order valence-electron chi connectivity index (χ4n) is 2.77. The van der Waals surface area contributed by atoms with Crippen molar-refractivity contribution < 1.29 is 0 Å². The molecule has 0 N–H and O–H groups in total. The normalized spacial score (nSPS) is 11.4. The van der Waals surface area contributed by atoms with E-state index in [2.05, 4.69) is 38.3 Å². The number of benzene rings is 2. The third-order valence-electron chi connectivity index (χ3n) is 3.91. The largest absolute Gasteiger partial charge is 0.304 e. The van der Waals surface area contributed by atoms with Crippen LogP contribution in [0.25, 0.3) is 16.8 Å². The second-order valence-electron chi connectivity index (χ2n) is 5.43. The van der Waals surface area contributed by atoms with Crippen molar-refractivity contribution in [3.63, 3.8) is 0 Å². The van der Waals surface area contributed by atoms with Gasteiger partial charge in [-0.25, -0.2) is 4.40 Å². The Kier molecular flexibility index (Phi) is 3.27. The van der Waals surface area contributed by atoms with Crippen LogP contribution in [0.2, 0.25) is 0 Å². The average molecular weight is 369 g/mol. The first-order chi connectivity index (χ1) is 11.1. The first kappa shape index (κ1) is 14.1. The molecule has 114 valence electrons. The van der Waals surface area contributed by atoms with E-state index in [1.165, 1.54) is 0 Å². The van der Waals surface area contributed by atoms with Gasteiger partial charge in [-0.15, -0.1) is 10.2 Å². The highest BCUT2D eigenvalue weighted by Gasteiger charge is 2.14. The van der Waals surface area contributed by atoms with Crippen molar-refractivity contribution in [1.29, 1.82) is 0 Å². The molecular formula is C17H13BrN4O. The van der Waals surface area contributed by atoms with Crippen molar-refractivity contribution in [2.24, 2.45) is 0 Å². The summed E-state index contributed by atoms with van der Waals surface area (Å²) >= 11 is 3.45. The van der Waals surface area contributed by atoms with Gasteiger partial charge >= 0.3 is 0 Å². The Labute approximate surface area is 140 Å². The van der Waals surface area contributed by atoms with Gasteiger partial charge in [0.2, 0.25) is 5.78 Å². The third-order valence-corrected chi connectivity index (χ3v) is 4.44. The maximum Gasteiger partial charge on any atom is 0.281 e. The molecule has 23 heavy (non-hydrogen) atoms. The van der Waals surface area contributed by atoms with E-state index in [0.29, 0.717) is 18.0 Å². The molecule has 0 atom stereocenters. The summed E-state index contributed by atoms with van der Waals surface area (Å²) in [6.07, 6.45) is 0. The number of halogens is 1. The van der Waals surface area contributed by atoms with E-state index >= 15 is 0 Å². The second-order valence-corrected chi connectivity index (χ2v) is 6.34. The van der Waals surface area contributed by atoms with Crippen LogP contribution >= 0.6 is 15.9 Å². The fourth-order valence-corrected chi connectivity index (χ4v) is 3.03. The number of aryl methyl sites for hydroxylation is 1. The van der Waals surface area contributed by atoms with Crippen LogP contribution in [0.1, 0.15) is 11.3 Å². The third kappa shape index (κ3) is 2.26. The zero-order valence-electron chi connectivity index (χ0n) is 12.4. The lowest BCUT2D eigenvalue weighted by molar-refractivity contribution is 0.797. The predicted molar refractivity (Wildman–Crippen MR) is 92.7 cm³/mol. The Morgan fingerprint density at radius 3 is 2.43 bits per heavy atom. The second kappa shape index (κ2) is 5.31. The van der Waals surface area contributed by atoms with E-state index in [0.717, 1.165) is 21.1 Å². The van der Waals surface area contributed by atoms with Gasteiger partial charge in [-0.2, -0.15) is 0 Å². The first-order valence-electron chi connectivity index (χ1n) is 7.23. The number of nitrogens with zero attached hydrogens (tertiary/aromatic N) is 4. The topological polar surface area (TPSA) is 52.2 Å². The number of para-hydroxylation sites is 2. The van der Waals surface area contributed by atoms with Crippen molar-refractivity contribution >= 4 is 32.7 Å². The summed E-state index contributed by atoms with van der Waals surface area (Å²) < 4.78 is 4.69. The molecule has 0 amide bonds. The van der Waals surface area contributed by atoms with E-state index < -0.39 is 0 Å². The molecule has 0 spiro atoms. The highest BCUT2D eigenvalue weighted by molar-refractivity contribution is 9.10. The smallest absolute Gasteiger partial charge is 0.281 e. The molecule has 0 fully saturated rings. The molecule has 6 heteroatoms. The molecule has 2 heterocycles. The molecule has 0 radical (unpaired) electrons. The van der Waals surface area contributed by atoms with E-state index in [9.17, 15) is 4.79 Å². The summed E-state index contributed by atoms with van der Waals surface area (Å²) in [6, 6.07) is 15.9. The Morgan fingerprint density at radius 2 is 1.70 bits per heavy atom. The van der Waals surface area contributed by atoms with Crippen LogP contribution in [0.3, 0.4) is 0 Å². The number of hydrogen-bond acceptors (Lipinski definition) is 3. The maximum atomic E-state index is 12.5. The number of rotatable bonds is 2. The standard InChI is InChI=1S/C17H13BrN4O/c1-11-16(23)22-15-5-3-2-4-14(15)21(17(22)20-19-11)10-12-6-8-13(18)9-7-12/h2-9H,10H2,1H3. The molecule has 0 aliphatic carbocycles. The van der Waals surface area contributed by atoms with Crippen molar-refractivity contribution in [3.05, 3.63) is 74.6 Å². The van der Waals surface area contributed by atoms with Gasteiger partial charge in [-0.05, 0) is 36.8 Å². The van der Waals surface area contributed by atoms with Crippen LogP contribution in [-0.4, -0.2) is 19.2 Å². The summed E-state index contributed by atoms with van der Waals surface area (Å²) in [5.41, 5.74) is 3.22. The van der Waals surface area contributed by atoms with Gasteiger partial charge in [-0.3, -0.25) is 4.79 Å². The summed E-state index contributed by atoms with van der Waals surface area (Å²) in [4.78, 5) is 12.5. The molecular weight excluding hydrogens is 356 g/mol. The van der Waals surface area contributed by atoms with Crippen LogP contribution < -0.4 is 5.56 Å². The predicted octanol–water partition coefficient (Wildman–Crippen LogP) is 3.16. The van der Waals surface area contributed by atoms with Crippen molar-refractivity contribution in [3.8, 4) is 0 Å². The minimum atomic E-state index is -0.124. The molecule has 0 saturated heterocycles. The minimum Gasteiger partial charge on any atom is -0.304 e. The molecule has 0 unspecified atom stereocenters. The van der Waals surface area contributed by atoms with Gasteiger partial charge in [0.15, 0.2) is 0 Å². The molecule has 0 saturated carbocycles. The van der Waals surface area contributed by atoms with Crippen LogP contribution in [0.4, 0.5) is 0 Å². The van der Waals surface area contributed by atoms with Crippen LogP contribution in [0.5, 0.6) is 0 Å². The number of hydrogen-bond donors (Lipinski definition) is 0. The first-order valence-corrected chi connectivity index (χ1v) is 8.02. The Hall–Kier alpha value is -2.47. The Bertz CT molecular complexity index is 1080. The zero-order valence-corrected chi connectivity index (χ0v) is 14.0. The molecule has 0 bridgehead atoms. The van der Waals surface area contributed by atoms with Gasteiger partial charge in [0.25, 0.3) is 5.56 Å². The van der Waals surface area contributed by atoms with Gasteiger partial charge in [0.1, 0.15) is 5.69 Å². The summed E-state index contributed by atoms with van der Waals surface area (Å²) in [6.45, 7) is 2.31. The van der Waals surface area contributed by atoms with E-state index in [1.54, 1.807) is 11.3 Å². The maximum absolute atomic E-state index is 12.5. The molecule has 0 aliphatic heterocycles. The fraction of sp³-hybridized carbons (Fsp3) is 0.118. The lowest BCUT2D eigenvalue weighted by Gasteiger charge is -2.06. The monoisotopic (exact) mass is 368 g/mol. The number of fused-ring (bicyclic) bond motifs is 3. The highest BCUT2D eigenvalue weighted by atomic mass is 79.9. The van der Waals surface area contributed by atoms with Crippen LogP contribution in [0, 0.1) is 6.92 Å². The van der Waals surface area contributed by atoms with Gasteiger partial charge in [0, 0.05) is 4.47 Å². The quantitative estimate of drug-likeness (QED) is 0.546. The molecule has 0 aliphatic rings. The highest BCUT2D eigenvalue weighted by Crippen LogP contribution is 2.20. The molecule has 4 aromatic rings. The van der Waals surface area contributed by atoms with Crippen molar-refractivity contribution in [1.82, 2.24) is 19.2 Å². The Morgan fingerprint density at radius 1 is 1.00 bits per heavy atom. The van der Waals surface area contributed by atoms with Crippen molar-refractivity contribution in [2.45, 2.75) is 13.5 Å². The zero-order chi connectivity index (χ0) is 16.0. The van der Waals surface area contributed by atoms with E-state index in [4.69, 9.17) is 0 Å². The molecule has 4 rings (SSSR count). The van der Waals surface area contributed by atoms with E-state index in [1.807, 2.05) is 41.0 Å². The van der Waals surface area contributed by atoms with Crippen LogP contribution in [0.15, 0.2) is 57.8 Å². The summed E-state index contributed by atoms with van der Waals surface area (Å²) in [5.74, 6) is 0.560. The van der Waals surface area contributed by atoms with Crippen LogP contribution in [-0.2, 0) is 6.54 Å². The van der Waals surface area contributed by atoms with Gasteiger partial charge in [0.05, 0.1) is 17.6 Å². The molecule has 2 aromatic carbocycles. The molecule has 2 aromatic heterocycles. The number of aromatic nitrogens is 4. The lowest BCUT2D eigenvalue weighted by Crippen LogP contribution is -2.19. The average Bonchev–Trinajstić information content (AvgIpc) is 2.88.